The first-order valence-corrected chi connectivity index (χ1v) is 4.69. The first-order valence-electron chi connectivity index (χ1n) is 4.12. The number of carboxylic acids is 2. The molecule has 0 heterocycles. The van der Waals surface area contributed by atoms with Crippen LogP contribution in [0.4, 0.5) is 0 Å². The van der Waals surface area contributed by atoms with Gasteiger partial charge in [-0.2, -0.15) is 0 Å². The fourth-order valence-corrected chi connectivity index (χ4v) is 0.408. The second-order valence-corrected chi connectivity index (χ2v) is 2.24. The van der Waals surface area contributed by atoms with Gasteiger partial charge >= 0.3 is 21.0 Å². The molecule has 0 saturated heterocycles. The fourth-order valence-electron chi connectivity index (χ4n) is 0.408. The van der Waals surface area contributed by atoms with Crippen molar-refractivity contribution in [2.24, 2.45) is 0 Å². The standard InChI is InChI=1S/2C4H8O2.O.V/c2*1-2-3-4(5)6;;/h2*2-3H2,1H3,(H,5,6);;/q;;;+2/p-2. The summed E-state index contributed by atoms with van der Waals surface area (Å²) in [5.41, 5.74) is 0. The molecule has 0 radical (unpaired) electrons. The molecule has 0 aromatic heterocycles. The molecule has 0 saturated carbocycles. The molecule has 0 aliphatic rings. The van der Waals surface area contributed by atoms with E-state index in [-0.39, 0.29) is 12.8 Å². The van der Waals surface area contributed by atoms with Crippen molar-refractivity contribution in [1.29, 1.82) is 0 Å². The van der Waals surface area contributed by atoms with E-state index in [0.29, 0.717) is 12.8 Å². The van der Waals surface area contributed by atoms with Crippen LogP contribution < -0.4 is 10.2 Å². The quantitative estimate of drug-likeness (QED) is 0.625. The van der Waals surface area contributed by atoms with Crippen LogP contribution in [0, 0.1) is 0 Å². The minimum atomic E-state index is -0.961. The topological polar surface area (TPSA) is 97.3 Å². The van der Waals surface area contributed by atoms with Crippen molar-refractivity contribution in [3.8, 4) is 0 Å². The predicted molar refractivity (Wildman–Crippen MR) is 40.5 cm³/mol. The normalized spacial score (nSPS) is 7.43. The van der Waals surface area contributed by atoms with E-state index in [1.54, 1.807) is 13.8 Å². The average molecular weight is 241 g/mol. The van der Waals surface area contributed by atoms with Crippen molar-refractivity contribution >= 4 is 11.9 Å². The zero-order valence-corrected chi connectivity index (χ0v) is 9.71. The van der Waals surface area contributed by atoms with Crippen molar-refractivity contribution in [3.63, 3.8) is 0 Å². The first-order chi connectivity index (χ1) is 6.54. The van der Waals surface area contributed by atoms with Crippen LogP contribution in [0.25, 0.3) is 0 Å². The summed E-state index contributed by atoms with van der Waals surface area (Å²) >= 11 is 1.06. The Balaban J connectivity index is -0.000000147. The van der Waals surface area contributed by atoms with Crippen molar-refractivity contribution in [2.45, 2.75) is 39.5 Å². The third-order valence-electron chi connectivity index (χ3n) is 0.908. The van der Waals surface area contributed by atoms with Gasteiger partial charge in [-0.3, -0.25) is 0 Å². The Bertz CT molecular complexity index is 133. The summed E-state index contributed by atoms with van der Waals surface area (Å²) < 4.78 is 8.19. The molecule has 14 heavy (non-hydrogen) atoms. The van der Waals surface area contributed by atoms with Crippen LogP contribution in [-0.4, -0.2) is 11.9 Å². The molecule has 6 heteroatoms. The molecule has 0 atom stereocenters. The SMILES string of the molecule is CCCC(=O)[O-].CCCC(=O)[O-].[O]=[V+2]. The van der Waals surface area contributed by atoms with Crippen molar-refractivity contribution in [1.82, 2.24) is 0 Å². The molecule has 0 fully saturated rings. The van der Waals surface area contributed by atoms with Crippen molar-refractivity contribution in [2.75, 3.05) is 0 Å². The van der Waals surface area contributed by atoms with Gasteiger partial charge in [0.25, 0.3) is 0 Å². The van der Waals surface area contributed by atoms with Gasteiger partial charge in [-0.15, -0.1) is 0 Å². The van der Waals surface area contributed by atoms with Gasteiger partial charge < -0.3 is 19.8 Å². The third kappa shape index (κ3) is 42.6. The molecule has 0 aromatic carbocycles. The number of carbonyl (C=O) groups excluding carboxylic acids is 2. The maximum absolute atomic E-state index is 9.49. The van der Waals surface area contributed by atoms with E-state index >= 15 is 0 Å². The number of hydrogen-bond acceptors (Lipinski definition) is 5. The van der Waals surface area contributed by atoms with Gasteiger partial charge in [-0.1, -0.05) is 26.7 Å². The van der Waals surface area contributed by atoms with Crippen LogP contribution >= 0.6 is 0 Å². The van der Waals surface area contributed by atoms with Crippen LogP contribution in [0.1, 0.15) is 39.5 Å². The minimum absolute atomic E-state index is 0.181. The Labute approximate surface area is 92.7 Å². The van der Waals surface area contributed by atoms with Crippen LogP contribution in [0.5, 0.6) is 0 Å². The Morgan fingerprint density at radius 1 is 0.929 bits per heavy atom. The van der Waals surface area contributed by atoms with E-state index in [9.17, 15) is 19.8 Å². The molecule has 81 valence electrons. The van der Waals surface area contributed by atoms with Gasteiger partial charge in [0, 0.05) is 11.9 Å². The molecule has 0 rings (SSSR count). The first kappa shape index (κ1) is 19.0. The Morgan fingerprint density at radius 3 is 1.14 bits per heavy atom. The third-order valence-corrected chi connectivity index (χ3v) is 0.908. The number of hydrogen-bond donors (Lipinski definition) is 0. The van der Waals surface area contributed by atoms with Gasteiger partial charge in [0.1, 0.15) is 0 Å². The summed E-state index contributed by atoms with van der Waals surface area (Å²) in [5, 5.41) is 19.0. The fraction of sp³-hybridized carbons (Fsp3) is 0.750. The molecule has 0 aliphatic heterocycles. The second kappa shape index (κ2) is 18.2. The Morgan fingerprint density at radius 2 is 1.14 bits per heavy atom. The van der Waals surface area contributed by atoms with Crippen LogP contribution in [0.3, 0.4) is 0 Å². The van der Waals surface area contributed by atoms with E-state index in [0.717, 1.165) is 17.4 Å². The summed E-state index contributed by atoms with van der Waals surface area (Å²) in [6.07, 6.45) is 1.70. The summed E-state index contributed by atoms with van der Waals surface area (Å²) in [7, 11) is 0. The van der Waals surface area contributed by atoms with Crippen LogP contribution in [0.2, 0.25) is 0 Å². The second-order valence-electron chi connectivity index (χ2n) is 2.24. The van der Waals surface area contributed by atoms with E-state index in [1.165, 1.54) is 0 Å². The predicted octanol–water partition coefficient (Wildman–Crippen LogP) is -1.05. The summed E-state index contributed by atoms with van der Waals surface area (Å²) in [6, 6.07) is 0. The molecule has 0 spiro atoms. The van der Waals surface area contributed by atoms with Gasteiger partial charge in [-0.05, 0) is 12.8 Å². The van der Waals surface area contributed by atoms with Crippen LogP contribution in [-0.2, 0) is 30.6 Å². The molecular weight excluding hydrogens is 227 g/mol. The van der Waals surface area contributed by atoms with Crippen molar-refractivity contribution < 1.29 is 40.8 Å². The molecule has 0 N–H and O–H groups in total. The van der Waals surface area contributed by atoms with E-state index in [4.69, 9.17) is 3.67 Å². The number of carbonyl (C=O) groups is 2. The van der Waals surface area contributed by atoms with Crippen molar-refractivity contribution in [3.05, 3.63) is 0 Å². The molecular formula is C8H14O5V. The van der Waals surface area contributed by atoms with Gasteiger partial charge in [0.15, 0.2) is 0 Å². The van der Waals surface area contributed by atoms with Crippen LogP contribution in [0.15, 0.2) is 0 Å². The van der Waals surface area contributed by atoms with E-state index in [1.807, 2.05) is 0 Å². The maximum atomic E-state index is 9.49. The zero-order valence-electron chi connectivity index (χ0n) is 8.32. The number of carboxylic acid groups (broad SMARTS) is 2. The van der Waals surface area contributed by atoms with Gasteiger partial charge in [-0.25, -0.2) is 0 Å². The summed E-state index contributed by atoms with van der Waals surface area (Å²) in [5.74, 6) is -1.92. The molecule has 0 bridgehead atoms. The van der Waals surface area contributed by atoms with Gasteiger partial charge in [0.05, 0.1) is 0 Å². The Hall–Kier alpha value is -0.676. The molecule has 0 unspecified atom stereocenters. The van der Waals surface area contributed by atoms with E-state index in [2.05, 4.69) is 0 Å². The zero-order chi connectivity index (χ0) is 12.0. The monoisotopic (exact) mass is 241 g/mol. The summed E-state index contributed by atoms with van der Waals surface area (Å²) in [6.45, 7) is 3.60. The molecule has 0 aromatic rings. The van der Waals surface area contributed by atoms with Gasteiger partial charge in [0.2, 0.25) is 0 Å². The van der Waals surface area contributed by atoms with E-state index < -0.39 is 11.9 Å². The Kier molecular flexibility index (Phi) is 24.7. The average Bonchev–Trinajstić information content (AvgIpc) is 2.08. The number of rotatable bonds is 4. The molecule has 5 nitrogen and oxygen atoms in total. The summed E-state index contributed by atoms with van der Waals surface area (Å²) in [4.78, 5) is 19.0. The number of aliphatic carboxylic acids is 2. The molecule has 0 aliphatic carbocycles. The molecule has 0 amide bonds.